The van der Waals surface area contributed by atoms with Crippen LogP contribution in [0.15, 0.2) is 29.2 Å². The van der Waals surface area contributed by atoms with Gasteiger partial charge in [0.05, 0.1) is 17.8 Å². The fourth-order valence-electron chi connectivity index (χ4n) is 2.09. The van der Waals surface area contributed by atoms with E-state index in [4.69, 9.17) is 27.9 Å². The van der Waals surface area contributed by atoms with Crippen LogP contribution in [0.4, 0.5) is 5.69 Å². The summed E-state index contributed by atoms with van der Waals surface area (Å²) in [6.45, 7) is 3.25. The summed E-state index contributed by atoms with van der Waals surface area (Å²) in [5.74, 6) is 0.0542. The molecule has 0 aliphatic carbocycles. The number of halogens is 2. The number of nitrogens with one attached hydrogen (secondary N) is 1. The Kier molecular flexibility index (Phi) is 4.98. The summed E-state index contributed by atoms with van der Waals surface area (Å²) in [6.07, 6.45) is 0. The van der Waals surface area contributed by atoms with E-state index in [1.54, 1.807) is 19.9 Å². The first-order valence-corrected chi connectivity index (χ1v) is 8.76. The lowest BCUT2D eigenvalue weighted by Crippen LogP contribution is -2.15. The summed E-state index contributed by atoms with van der Waals surface area (Å²) >= 11 is 12.2. The number of hydrogen-bond donors (Lipinski definition) is 2. The van der Waals surface area contributed by atoms with Crippen molar-refractivity contribution >= 4 is 38.9 Å². The second kappa shape index (κ2) is 6.47. The second-order valence-corrected chi connectivity index (χ2v) is 7.34. The smallest absolute Gasteiger partial charge is 0.263 e. The normalized spacial score (nSPS) is 11.3. The number of sulfonamides is 1. The highest BCUT2D eigenvalue weighted by Gasteiger charge is 2.24. The Labute approximate surface area is 144 Å². The molecule has 0 atom stereocenters. The average Bonchev–Trinajstić information content (AvgIpc) is 2.45. The van der Waals surface area contributed by atoms with E-state index in [1.807, 2.05) is 0 Å². The van der Waals surface area contributed by atoms with Crippen LogP contribution in [0.2, 0.25) is 10.0 Å². The molecule has 2 N–H and O–H groups in total. The van der Waals surface area contributed by atoms with Gasteiger partial charge in [0.25, 0.3) is 10.0 Å². The first-order valence-electron chi connectivity index (χ1n) is 6.52. The highest BCUT2D eigenvalue weighted by atomic mass is 35.5. The van der Waals surface area contributed by atoms with Gasteiger partial charge >= 0.3 is 0 Å². The summed E-state index contributed by atoms with van der Waals surface area (Å²) < 4.78 is 32.6. The van der Waals surface area contributed by atoms with Crippen LogP contribution in [0.25, 0.3) is 0 Å². The fraction of sp³-hybridized carbons (Fsp3) is 0.200. The minimum Gasteiger partial charge on any atom is -0.504 e. The van der Waals surface area contributed by atoms with Crippen LogP contribution >= 0.6 is 23.2 Å². The lowest BCUT2D eigenvalue weighted by Gasteiger charge is -2.15. The van der Waals surface area contributed by atoms with Gasteiger partial charge in [0.15, 0.2) is 11.5 Å². The number of benzene rings is 2. The van der Waals surface area contributed by atoms with E-state index in [9.17, 15) is 13.5 Å². The highest BCUT2D eigenvalue weighted by molar-refractivity contribution is 7.93. The summed E-state index contributed by atoms with van der Waals surface area (Å²) in [4.78, 5) is -0.0838. The molecule has 0 unspecified atom stereocenters. The summed E-state index contributed by atoms with van der Waals surface area (Å²) in [7, 11) is -2.57. The van der Waals surface area contributed by atoms with E-state index in [-0.39, 0.29) is 27.1 Å². The Morgan fingerprint density at radius 1 is 1.17 bits per heavy atom. The third kappa shape index (κ3) is 3.49. The van der Waals surface area contributed by atoms with Crippen LogP contribution < -0.4 is 9.46 Å². The molecule has 0 radical (unpaired) electrons. The SMILES string of the molecule is COc1ccc(NS(=O)(=O)c2c(C)c(Cl)cc(C)c2Cl)cc1O. The minimum absolute atomic E-state index is 0.0838. The van der Waals surface area contributed by atoms with Crippen LogP contribution in [0.1, 0.15) is 11.1 Å². The Morgan fingerprint density at radius 2 is 1.83 bits per heavy atom. The van der Waals surface area contributed by atoms with Crippen molar-refractivity contribution < 1.29 is 18.3 Å². The molecule has 0 fully saturated rings. The molecule has 2 aromatic carbocycles. The zero-order valence-corrected chi connectivity index (χ0v) is 15.0. The van der Waals surface area contributed by atoms with Gasteiger partial charge in [0, 0.05) is 11.1 Å². The number of rotatable bonds is 4. The zero-order chi connectivity index (χ0) is 17.4. The Morgan fingerprint density at radius 3 is 2.39 bits per heavy atom. The lowest BCUT2D eigenvalue weighted by molar-refractivity contribution is 0.373. The van der Waals surface area contributed by atoms with Crippen LogP contribution in [0.5, 0.6) is 11.5 Å². The largest absolute Gasteiger partial charge is 0.504 e. The number of aromatic hydroxyl groups is 1. The number of phenolic OH excluding ortho intramolecular Hbond substituents is 1. The predicted molar refractivity (Wildman–Crippen MR) is 91.4 cm³/mol. The van der Waals surface area contributed by atoms with Crippen LogP contribution in [-0.4, -0.2) is 20.6 Å². The van der Waals surface area contributed by atoms with Gasteiger partial charge in [-0.05, 0) is 43.2 Å². The Hall–Kier alpha value is -1.63. The van der Waals surface area contributed by atoms with Gasteiger partial charge in [-0.25, -0.2) is 8.42 Å². The molecule has 0 saturated heterocycles. The van der Waals surface area contributed by atoms with Crippen LogP contribution in [-0.2, 0) is 10.0 Å². The molecule has 0 aromatic heterocycles. The molecule has 0 aliphatic heterocycles. The van der Waals surface area contributed by atoms with Crippen molar-refractivity contribution in [3.05, 3.63) is 45.4 Å². The van der Waals surface area contributed by atoms with Gasteiger partial charge in [-0.15, -0.1) is 0 Å². The number of ether oxygens (including phenoxy) is 1. The second-order valence-electron chi connectivity index (χ2n) is 4.94. The molecule has 0 spiro atoms. The van der Waals surface area contributed by atoms with Gasteiger partial charge in [-0.2, -0.15) is 0 Å². The highest BCUT2D eigenvalue weighted by Crippen LogP contribution is 2.35. The third-order valence-corrected chi connectivity index (χ3v) is 5.83. The molecular formula is C15H15Cl2NO4S. The van der Waals surface area contributed by atoms with Crippen LogP contribution in [0, 0.1) is 13.8 Å². The van der Waals surface area contributed by atoms with Crippen molar-refractivity contribution in [2.75, 3.05) is 11.8 Å². The molecule has 8 heteroatoms. The summed E-state index contributed by atoms with van der Waals surface area (Å²) in [6, 6.07) is 5.77. The van der Waals surface area contributed by atoms with E-state index < -0.39 is 10.0 Å². The number of phenols is 1. The number of methoxy groups -OCH3 is 1. The maximum atomic E-state index is 12.6. The minimum atomic E-state index is -3.97. The average molecular weight is 376 g/mol. The third-order valence-electron chi connectivity index (χ3n) is 3.29. The monoisotopic (exact) mass is 375 g/mol. The van der Waals surface area contributed by atoms with Crippen molar-refractivity contribution in [3.8, 4) is 11.5 Å². The quantitative estimate of drug-likeness (QED) is 0.842. The Bertz CT molecular complexity index is 840. The molecule has 124 valence electrons. The van der Waals surface area contributed by atoms with Crippen molar-refractivity contribution in [1.82, 2.24) is 0 Å². The van der Waals surface area contributed by atoms with Gasteiger partial charge in [-0.3, -0.25) is 4.72 Å². The van der Waals surface area contributed by atoms with Gasteiger partial charge in [0.2, 0.25) is 0 Å². The Balaban J connectivity index is 2.50. The van der Waals surface area contributed by atoms with Crippen molar-refractivity contribution in [3.63, 3.8) is 0 Å². The van der Waals surface area contributed by atoms with E-state index in [0.717, 1.165) is 0 Å². The molecule has 0 bridgehead atoms. The zero-order valence-electron chi connectivity index (χ0n) is 12.6. The number of aryl methyl sites for hydroxylation is 1. The standard InChI is InChI=1S/C15H15Cl2NO4S/c1-8-6-11(16)9(2)15(14(8)17)23(20,21)18-10-4-5-13(22-3)12(19)7-10/h4-7,18-19H,1-3H3. The first kappa shape index (κ1) is 17.7. The molecule has 2 rings (SSSR count). The van der Waals surface area contributed by atoms with Gasteiger partial charge in [-0.1, -0.05) is 23.2 Å². The van der Waals surface area contributed by atoms with Crippen molar-refractivity contribution in [2.45, 2.75) is 18.7 Å². The van der Waals surface area contributed by atoms with Crippen molar-refractivity contribution in [2.24, 2.45) is 0 Å². The van der Waals surface area contributed by atoms with Crippen LogP contribution in [0.3, 0.4) is 0 Å². The van der Waals surface area contributed by atoms with Gasteiger partial charge < -0.3 is 9.84 Å². The van der Waals surface area contributed by atoms with Crippen molar-refractivity contribution in [1.29, 1.82) is 0 Å². The first-order chi connectivity index (χ1) is 10.7. The van der Waals surface area contributed by atoms with E-state index >= 15 is 0 Å². The summed E-state index contributed by atoms with van der Waals surface area (Å²) in [5.41, 5.74) is 1.09. The topological polar surface area (TPSA) is 75.6 Å². The molecule has 0 aliphatic rings. The molecule has 0 heterocycles. The molecule has 2 aromatic rings. The maximum absolute atomic E-state index is 12.6. The van der Waals surface area contributed by atoms with E-state index in [2.05, 4.69) is 4.72 Å². The van der Waals surface area contributed by atoms with Gasteiger partial charge in [0.1, 0.15) is 4.90 Å². The number of anilines is 1. The number of hydrogen-bond acceptors (Lipinski definition) is 4. The summed E-state index contributed by atoms with van der Waals surface area (Å²) in [5, 5.41) is 10.2. The van der Waals surface area contributed by atoms with E-state index in [1.165, 1.54) is 25.3 Å². The predicted octanol–water partition coefficient (Wildman–Crippen LogP) is 4.13. The molecule has 5 nitrogen and oxygen atoms in total. The van der Waals surface area contributed by atoms with E-state index in [0.29, 0.717) is 16.1 Å². The maximum Gasteiger partial charge on any atom is 0.263 e. The molecule has 0 saturated carbocycles. The molecule has 0 amide bonds. The lowest BCUT2D eigenvalue weighted by atomic mass is 10.2. The molecule has 23 heavy (non-hydrogen) atoms. The molecular weight excluding hydrogens is 361 g/mol. The fourth-order valence-corrected chi connectivity index (χ4v) is 4.36.